The van der Waals surface area contributed by atoms with Crippen LogP contribution < -0.4 is 5.32 Å². The Morgan fingerprint density at radius 1 is 1.43 bits per heavy atom. The van der Waals surface area contributed by atoms with Gasteiger partial charge in [-0.1, -0.05) is 47.4 Å². The van der Waals surface area contributed by atoms with E-state index in [1.165, 1.54) is 41.3 Å². The molecule has 7 heteroatoms. The van der Waals surface area contributed by atoms with E-state index in [-0.39, 0.29) is 11.7 Å². The molecule has 2 aromatic rings. The highest BCUT2D eigenvalue weighted by molar-refractivity contribution is 8.01. The van der Waals surface area contributed by atoms with Crippen molar-refractivity contribution in [1.82, 2.24) is 10.2 Å². The van der Waals surface area contributed by atoms with Gasteiger partial charge in [0.15, 0.2) is 4.34 Å². The molecule has 108 valence electrons. The maximum atomic E-state index is 13.4. The summed E-state index contributed by atoms with van der Waals surface area (Å²) in [5, 5.41) is 10.8. The van der Waals surface area contributed by atoms with Gasteiger partial charge < -0.3 is 0 Å². The van der Waals surface area contributed by atoms with Crippen molar-refractivity contribution in [2.24, 2.45) is 0 Å². The maximum Gasteiger partial charge on any atom is 0.250 e. The Bertz CT molecular complexity index is 670. The van der Waals surface area contributed by atoms with Gasteiger partial charge in [-0.05, 0) is 12.1 Å². The van der Waals surface area contributed by atoms with Crippen LogP contribution >= 0.6 is 23.1 Å². The quantitative estimate of drug-likeness (QED) is 0.382. The second-order valence-electron chi connectivity index (χ2n) is 3.82. The van der Waals surface area contributed by atoms with Crippen LogP contribution in [0.4, 0.5) is 9.52 Å². The number of nitrogens with zero attached hydrogens (tertiary/aromatic N) is 2. The largest absolute Gasteiger partial charge is 0.297 e. The molecule has 0 aliphatic heterocycles. The maximum absolute atomic E-state index is 13.4. The number of hydrogen-bond donors (Lipinski definition) is 1. The van der Waals surface area contributed by atoms with Gasteiger partial charge in [0.25, 0.3) is 0 Å². The number of rotatable bonds is 6. The smallest absolute Gasteiger partial charge is 0.250 e. The van der Waals surface area contributed by atoms with Crippen LogP contribution in [0.5, 0.6) is 0 Å². The van der Waals surface area contributed by atoms with E-state index in [9.17, 15) is 9.18 Å². The summed E-state index contributed by atoms with van der Waals surface area (Å²) in [6.45, 7) is 3.62. The van der Waals surface area contributed by atoms with Crippen molar-refractivity contribution < 1.29 is 9.18 Å². The van der Waals surface area contributed by atoms with Gasteiger partial charge in [0.05, 0.1) is 0 Å². The molecule has 1 heterocycles. The summed E-state index contributed by atoms with van der Waals surface area (Å²) in [5.74, 6) is -0.0225. The molecule has 2 rings (SSSR count). The van der Waals surface area contributed by atoms with Gasteiger partial charge in [-0.25, -0.2) is 4.39 Å². The van der Waals surface area contributed by atoms with Crippen LogP contribution in [-0.2, 0) is 4.79 Å². The van der Waals surface area contributed by atoms with Crippen molar-refractivity contribution in [3.05, 3.63) is 54.4 Å². The third kappa shape index (κ3) is 4.80. The molecule has 0 aliphatic carbocycles. The number of halogens is 1. The SMILES string of the molecule is C=CCSc1nnc(NC(=O)/C=C/c2ccccc2F)s1. The number of hydrogen-bond acceptors (Lipinski definition) is 5. The number of carbonyl (C=O) groups excluding carboxylic acids is 1. The standard InChI is InChI=1S/C14H12FN3OS2/c1-2-9-20-14-18-17-13(21-14)16-12(19)8-7-10-5-3-4-6-11(10)15/h2-8H,1,9H2,(H,16,17,19)/b8-7+. The molecule has 1 amide bonds. The van der Waals surface area contributed by atoms with Crippen LogP contribution in [-0.4, -0.2) is 21.9 Å². The number of nitrogens with one attached hydrogen (secondary N) is 1. The monoisotopic (exact) mass is 321 g/mol. The number of benzene rings is 1. The van der Waals surface area contributed by atoms with E-state index in [2.05, 4.69) is 22.1 Å². The molecule has 1 aromatic carbocycles. The molecule has 1 N–H and O–H groups in total. The minimum absolute atomic E-state index is 0.354. The third-order valence-corrected chi connectivity index (χ3v) is 4.25. The average Bonchev–Trinajstić information content (AvgIpc) is 2.91. The van der Waals surface area contributed by atoms with E-state index in [1.807, 2.05) is 0 Å². The zero-order valence-electron chi connectivity index (χ0n) is 11.0. The average molecular weight is 321 g/mol. The van der Waals surface area contributed by atoms with E-state index >= 15 is 0 Å². The fraction of sp³-hybridized carbons (Fsp3) is 0.0714. The molecule has 0 unspecified atom stereocenters. The predicted molar refractivity (Wildman–Crippen MR) is 84.9 cm³/mol. The minimum Gasteiger partial charge on any atom is -0.297 e. The minimum atomic E-state index is -0.380. The Morgan fingerprint density at radius 3 is 3.00 bits per heavy atom. The van der Waals surface area contributed by atoms with Gasteiger partial charge >= 0.3 is 0 Å². The first-order valence-corrected chi connectivity index (χ1v) is 7.80. The van der Waals surface area contributed by atoms with Gasteiger partial charge in [-0.3, -0.25) is 10.1 Å². The summed E-state index contributed by atoms with van der Waals surface area (Å²) in [4.78, 5) is 11.7. The first-order valence-electron chi connectivity index (χ1n) is 6.00. The van der Waals surface area contributed by atoms with E-state index < -0.39 is 0 Å². The summed E-state index contributed by atoms with van der Waals surface area (Å²) >= 11 is 2.77. The summed E-state index contributed by atoms with van der Waals surface area (Å²) in [5.41, 5.74) is 0.354. The van der Waals surface area contributed by atoms with Crippen molar-refractivity contribution >= 4 is 40.2 Å². The normalized spacial score (nSPS) is 10.7. The molecule has 0 radical (unpaired) electrons. The van der Waals surface area contributed by atoms with Gasteiger partial charge in [-0.2, -0.15) is 0 Å². The molecule has 1 aromatic heterocycles. The van der Waals surface area contributed by atoms with E-state index in [1.54, 1.807) is 24.3 Å². The molecule has 0 saturated heterocycles. The molecule has 0 bridgehead atoms. The Balaban J connectivity index is 1.94. The lowest BCUT2D eigenvalue weighted by molar-refractivity contribution is -0.111. The van der Waals surface area contributed by atoms with Crippen molar-refractivity contribution in [2.45, 2.75) is 4.34 Å². The van der Waals surface area contributed by atoms with Crippen LogP contribution in [0, 0.1) is 5.82 Å². The first-order chi connectivity index (χ1) is 10.2. The second kappa shape index (κ2) is 7.70. The van der Waals surface area contributed by atoms with Gasteiger partial charge in [0, 0.05) is 17.4 Å². The summed E-state index contributed by atoms with van der Waals surface area (Å²) in [6, 6.07) is 6.23. The highest BCUT2D eigenvalue weighted by atomic mass is 32.2. The van der Waals surface area contributed by atoms with Crippen molar-refractivity contribution in [2.75, 3.05) is 11.1 Å². The number of carbonyl (C=O) groups is 1. The van der Waals surface area contributed by atoms with Gasteiger partial charge in [-0.15, -0.1) is 16.8 Å². The van der Waals surface area contributed by atoms with Crippen molar-refractivity contribution in [1.29, 1.82) is 0 Å². The Labute approximate surface area is 129 Å². The van der Waals surface area contributed by atoms with Crippen LogP contribution in [0.3, 0.4) is 0 Å². The first kappa shape index (κ1) is 15.4. The molecular formula is C14H12FN3OS2. The third-order valence-electron chi connectivity index (χ3n) is 2.28. The molecule has 4 nitrogen and oxygen atoms in total. The molecule has 0 atom stereocenters. The fourth-order valence-corrected chi connectivity index (χ4v) is 2.89. The number of thioether (sulfide) groups is 1. The molecule has 0 saturated carbocycles. The predicted octanol–water partition coefficient (Wildman–Crippen LogP) is 3.61. The van der Waals surface area contributed by atoms with Crippen LogP contribution in [0.25, 0.3) is 6.08 Å². The Kier molecular flexibility index (Phi) is 5.65. The second-order valence-corrected chi connectivity index (χ2v) is 6.06. The highest BCUT2D eigenvalue weighted by Gasteiger charge is 2.06. The lowest BCUT2D eigenvalue weighted by atomic mass is 10.2. The van der Waals surface area contributed by atoms with Gasteiger partial charge in [0.2, 0.25) is 11.0 Å². The number of aromatic nitrogens is 2. The lowest BCUT2D eigenvalue weighted by Gasteiger charge is -1.96. The molecular weight excluding hydrogens is 309 g/mol. The number of amides is 1. The topological polar surface area (TPSA) is 54.9 Å². The van der Waals surface area contributed by atoms with E-state index in [0.717, 1.165) is 10.1 Å². The summed E-state index contributed by atoms with van der Waals surface area (Å²) < 4.78 is 14.1. The van der Waals surface area contributed by atoms with Crippen LogP contribution in [0.1, 0.15) is 5.56 Å². The van der Waals surface area contributed by atoms with Crippen LogP contribution in [0.2, 0.25) is 0 Å². The van der Waals surface area contributed by atoms with Crippen LogP contribution in [0.15, 0.2) is 47.3 Å². The fourth-order valence-electron chi connectivity index (χ4n) is 1.37. The van der Waals surface area contributed by atoms with Gasteiger partial charge in [0.1, 0.15) is 5.82 Å². The van der Waals surface area contributed by atoms with Crippen molar-refractivity contribution in [3.8, 4) is 0 Å². The molecule has 21 heavy (non-hydrogen) atoms. The molecule has 0 aliphatic rings. The molecule has 0 fully saturated rings. The summed E-state index contributed by atoms with van der Waals surface area (Å²) in [6.07, 6.45) is 4.44. The van der Waals surface area contributed by atoms with Crippen molar-refractivity contribution in [3.63, 3.8) is 0 Å². The van der Waals surface area contributed by atoms with E-state index in [4.69, 9.17) is 0 Å². The Hall–Kier alpha value is -1.99. The number of anilines is 1. The zero-order chi connectivity index (χ0) is 15.1. The molecule has 0 spiro atoms. The zero-order valence-corrected chi connectivity index (χ0v) is 12.6. The highest BCUT2D eigenvalue weighted by Crippen LogP contribution is 2.25. The Morgan fingerprint density at radius 2 is 2.24 bits per heavy atom. The van der Waals surface area contributed by atoms with E-state index in [0.29, 0.717) is 10.7 Å². The lowest BCUT2D eigenvalue weighted by Crippen LogP contribution is -2.07. The summed E-state index contributed by atoms with van der Waals surface area (Å²) in [7, 11) is 0.